The Morgan fingerprint density at radius 2 is 2.10 bits per heavy atom. The van der Waals surface area contributed by atoms with Gasteiger partial charge in [0.2, 0.25) is 5.82 Å². The zero-order valence-electron chi connectivity index (χ0n) is 17.1. The van der Waals surface area contributed by atoms with Crippen molar-refractivity contribution in [3.63, 3.8) is 0 Å². The van der Waals surface area contributed by atoms with Crippen molar-refractivity contribution in [2.75, 3.05) is 25.0 Å². The van der Waals surface area contributed by atoms with Crippen molar-refractivity contribution in [2.45, 2.75) is 32.2 Å². The molecule has 4 rings (SSSR count). The Labute approximate surface area is 181 Å². The summed E-state index contributed by atoms with van der Waals surface area (Å²) in [5, 5.41) is 14.8. The fraction of sp³-hybridized carbons (Fsp3) is 0.421. The van der Waals surface area contributed by atoms with Crippen LogP contribution in [0.3, 0.4) is 0 Å². The molecule has 1 aliphatic heterocycles. The molecule has 0 radical (unpaired) electrons. The van der Waals surface area contributed by atoms with Crippen molar-refractivity contribution in [1.29, 1.82) is 0 Å². The van der Waals surface area contributed by atoms with Gasteiger partial charge in [-0.25, -0.2) is 24.4 Å². The summed E-state index contributed by atoms with van der Waals surface area (Å²) in [7, 11) is 1.53. The van der Waals surface area contributed by atoms with E-state index in [9.17, 15) is 18.7 Å². The number of rotatable bonds is 4. The fourth-order valence-electron chi connectivity index (χ4n) is 3.64. The molecule has 1 N–H and O–H groups in total. The molecule has 1 saturated heterocycles. The largest absolute Gasteiger partial charge is 0.465 e. The van der Waals surface area contributed by atoms with E-state index in [1.807, 2.05) is 4.90 Å². The smallest absolute Gasteiger partial charge is 0.407 e. The number of fused-ring (bicyclic) bond motifs is 1. The molecule has 4 heterocycles. The van der Waals surface area contributed by atoms with Crippen LogP contribution < -0.4 is 4.90 Å². The maximum Gasteiger partial charge on any atom is 0.407 e. The molecule has 31 heavy (non-hydrogen) atoms. The lowest BCUT2D eigenvalue weighted by Gasteiger charge is -2.22. The van der Waals surface area contributed by atoms with Crippen molar-refractivity contribution in [3.8, 4) is 5.82 Å². The molecule has 12 heteroatoms. The van der Waals surface area contributed by atoms with Gasteiger partial charge in [-0.05, 0) is 13.3 Å². The first kappa shape index (κ1) is 21.2. The highest BCUT2D eigenvalue weighted by Gasteiger charge is 2.32. The lowest BCUT2D eigenvalue weighted by Crippen LogP contribution is -2.38. The van der Waals surface area contributed by atoms with Crippen LogP contribution >= 0.6 is 11.6 Å². The second kappa shape index (κ2) is 7.56. The maximum absolute atomic E-state index is 13.9. The second-order valence-electron chi connectivity index (χ2n) is 7.62. The van der Waals surface area contributed by atoms with Gasteiger partial charge in [0.15, 0.2) is 11.6 Å². The van der Waals surface area contributed by atoms with Crippen LogP contribution in [0.5, 0.6) is 0 Å². The van der Waals surface area contributed by atoms with E-state index in [-0.39, 0.29) is 17.0 Å². The number of hydrogen-bond donors (Lipinski definition) is 1. The van der Waals surface area contributed by atoms with Crippen molar-refractivity contribution >= 4 is 34.4 Å². The topological polar surface area (TPSA) is 100 Å². The molecule has 3 aromatic heterocycles. The van der Waals surface area contributed by atoms with E-state index in [4.69, 9.17) is 11.6 Å². The van der Waals surface area contributed by atoms with Gasteiger partial charge < -0.3 is 14.9 Å². The second-order valence-corrected chi connectivity index (χ2v) is 8.01. The molecule has 0 saturated carbocycles. The van der Waals surface area contributed by atoms with Crippen LogP contribution in [0.25, 0.3) is 16.7 Å². The summed E-state index contributed by atoms with van der Waals surface area (Å²) in [4.78, 5) is 26.5. The number of aryl methyl sites for hydroxylation is 1. The van der Waals surface area contributed by atoms with Crippen LogP contribution in [0.4, 0.5) is 19.4 Å². The van der Waals surface area contributed by atoms with Crippen molar-refractivity contribution in [1.82, 2.24) is 29.6 Å². The number of alkyl halides is 2. The Morgan fingerprint density at radius 3 is 2.77 bits per heavy atom. The molecular weight excluding hydrogens is 432 g/mol. The summed E-state index contributed by atoms with van der Waals surface area (Å²) in [5.74, 6) is -3.07. The number of halogens is 3. The molecule has 1 atom stereocenters. The summed E-state index contributed by atoms with van der Waals surface area (Å²) >= 11 is 6.09. The van der Waals surface area contributed by atoms with Gasteiger partial charge in [0.25, 0.3) is 0 Å². The number of carboxylic acid groups (broad SMARTS) is 1. The summed E-state index contributed by atoms with van der Waals surface area (Å²) in [6, 6.07) is 2.96. The molecule has 164 valence electrons. The Balaban J connectivity index is 1.82. The number of carbonyl (C=O) groups is 1. The predicted octanol–water partition coefficient (Wildman–Crippen LogP) is 3.47. The van der Waals surface area contributed by atoms with Gasteiger partial charge in [0, 0.05) is 51.1 Å². The fourth-order valence-corrected chi connectivity index (χ4v) is 3.79. The first-order chi connectivity index (χ1) is 14.5. The van der Waals surface area contributed by atoms with E-state index in [2.05, 4.69) is 20.1 Å². The van der Waals surface area contributed by atoms with Crippen molar-refractivity contribution in [3.05, 3.63) is 35.0 Å². The van der Waals surface area contributed by atoms with Crippen LogP contribution in [0, 0.1) is 6.92 Å². The first-order valence-electron chi connectivity index (χ1n) is 9.54. The third-order valence-electron chi connectivity index (χ3n) is 5.28. The molecule has 1 amide bonds. The van der Waals surface area contributed by atoms with Gasteiger partial charge in [-0.3, -0.25) is 0 Å². The van der Waals surface area contributed by atoms with E-state index in [0.29, 0.717) is 41.9 Å². The van der Waals surface area contributed by atoms with Gasteiger partial charge in [-0.2, -0.15) is 8.78 Å². The monoisotopic (exact) mass is 451 g/mol. The van der Waals surface area contributed by atoms with E-state index < -0.39 is 17.8 Å². The SMILES string of the molecule is Cc1cc(-n2nc(N3CCC(N(C)C(=O)O)C3)c3cnc(Cl)cc32)nc(C(C)(F)F)n1. The minimum absolute atomic E-state index is 0.181. The first-order valence-corrected chi connectivity index (χ1v) is 9.91. The minimum Gasteiger partial charge on any atom is -0.465 e. The van der Waals surface area contributed by atoms with Gasteiger partial charge in [0.1, 0.15) is 5.15 Å². The molecule has 1 fully saturated rings. The highest BCUT2D eigenvalue weighted by molar-refractivity contribution is 6.30. The minimum atomic E-state index is -3.21. The number of hydrogen-bond acceptors (Lipinski definition) is 6. The third kappa shape index (κ3) is 3.97. The van der Waals surface area contributed by atoms with E-state index >= 15 is 0 Å². The third-order valence-corrected chi connectivity index (χ3v) is 5.48. The average Bonchev–Trinajstić information content (AvgIpc) is 3.30. The molecule has 0 spiro atoms. The zero-order valence-corrected chi connectivity index (χ0v) is 17.8. The number of aromatic nitrogens is 5. The molecule has 0 bridgehead atoms. The molecular formula is C19H20ClF2N7O2. The Bertz CT molecular complexity index is 1160. The van der Waals surface area contributed by atoms with E-state index in [1.165, 1.54) is 16.6 Å². The van der Waals surface area contributed by atoms with Crippen LogP contribution in [0.15, 0.2) is 18.3 Å². The number of nitrogens with zero attached hydrogens (tertiary/aromatic N) is 7. The van der Waals surface area contributed by atoms with Crippen LogP contribution in [0.2, 0.25) is 5.15 Å². The molecule has 1 unspecified atom stereocenters. The highest BCUT2D eigenvalue weighted by atomic mass is 35.5. The van der Waals surface area contributed by atoms with Gasteiger partial charge in [-0.1, -0.05) is 11.6 Å². The average molecular weight is 452 g/mol. The lowest BCUT2D eigenvalue weighted by molar-refractivity contribution is 0.00746. The van der Waals surface area contributed by atoms with Crippen LogP contribution in [-0.4, -0.2) is 67.0 Å². The van der Waals surface area contributed by atoms with Gasteiger partial charge >= 0.3 is 12.0 Å². The predicted molar refractivity (Wildman–Crippen MR) is 110 cm³/mol. The molecule has 1 aliphatic rings. The van der Waals surface area contributed by atoms with Crippen molar-refractivity contribution < 1.29 is 18.7 Å². The zero-order chi connectivity index (χ0) is 22.5. The number of likely N-dealkylation sites (N-methyl/N-ethyl adjacent to an activating group) is 1. The number of anilines is 1. The van der Waals surface area contributed by atoms with E-state index in [1.54, 1.807) is 25.3 Å². The summed E-state index contributed by atoms with van der Waals surface area (Å²) in [6.45, 7) is 3.37. The van der Waals surface area contributed by atoms with Gasteiger partial charge in [0.05, 0.1) is 16.9 Å². The molecule has 0 aromatic carbocycles. The maximum atomic E-state index is 13.9. The standard InChI is InChI=1S/C19H20ClF2N7O2/c1-10-6-15(25-17(24-10)19(2,21)22)29-13-7-14(20)23-8-12(13)16(26-29)28-5-4-11(9-28)27(3)18(30)31/h6-8,11H,4-5,9H2,1-3H3,(H,30,31). The van der Waals surface area contributed by atoms with Crippen molar-refractivity contribution in [2.24, 2.45) is 0 Å². The summed E-state index contributed by atoms with van der Waals surface area (Å²) in [6.07, 6.45) is 1.20. The van der Waals surface area contributed by atoms with E-state index in [0.717, 1.165) is 6.92 Å². The number of pyridine rings is 1. The van der Waals surface area contributed by atoms with Crippen LogP contribution in [0.1, 0.15) is 24.9 Å². The number of amides is 1. The Kier molecular flexibility index (Phi) is 5.16. The molecule has 9 nitrogen and oxygen atoms in total. The van der Waals surface area contributed by atoms with Gasteiger partial charge in [-0.15, -0.1) is 5.10 Å². The Morgan fingerprint density at radius 1 is 1.35 bits per heavy atom. The molecule has 3 aromatic rings. The summed E-state index contributed by atoms with van der Waals surface area (Å²) < 4.78 is 29.2. The normalized spacial score (nSPS) is 16.8. The summed E-state index contributed by atoms with van der Waals surface area (Å²) in [5.41, 5.74) is 0.921. The lowest BCUT2D eigenvalue weighted by atomic mass is 10.2. The molecule has 0 aliphatic carbocycles. The Hall–Kier alpha value is -3.08. The van der Waals surface area contributed by atoms with Crippen LogP contribution in [-0.2, 0) is 5.92 Å². The highest BCUT2D eigenvalue weighted by Crippen LogP contribution is 2.32. The quantitative estimate of drug-likeness (QED) is 0.606.